The molecule has 2 aliphatic rings. The van der Waals surface area contributed by atoms with Gasteiger partial charge < -0.3 is 4.90 Å². The molecule has 0 unspecified atom stereocenters. The molecule has 0 radical (unpaired) electrons. The second-order valence-corrected chi connectivity index (χ2v) is 9.63. The topological polar surface area (TPSA) is 57.7 Å². The highest BCUT2D eigenvalue weighted by atomic mass is 32.2. The molecule has 0 saturated carbocycles. The second kappa shape index (κ2) is 5.93. The first-order valence-electron chi connectivity index (χ1n) is 8.36. The Morgan fingerprint density at radius 2 is 2.04 bits per heavy atom. The lowest BCUT2D eigenvalue weighted by molar-refractivity contribution is -0.116. The Morgan fingerprint density at radius 1 is 1.24 bits per heavy atom. The summed E-state index contributed by atoms with van der Waals surface area (Å²) in [6, 6.07) is 7.22. The van der Waals surface area contributed by atoms with Crippen LogP contribution in [0.1, 0.15) is 29.9 Å². The molecule has 4 rings (SSSR count). The van der Waals surface area contributed by atoms with E-state index in [1.165, 1.54) is 4.88 Å². The molecule has 3 heterocycles. The van der Waals surface area contributed by atoms with Crippen molar-refractivity contribution >= 4 is 33.0 Å². The van der Waals surface area contributed by atoms with Gasteiger partial charge in [-0.1, -0.05) is 0 Å². The van der Waals surface area contributed by atoms with Crippen molar-refractivity contribution in [3.8, 4) is 0 Å². The van der Waals surface area contributed by atoms with Gasteiger partial charge in [0.2, 0.25) is 15.9 Å². The largest absolute Gasteiger partial charge is 0.309 e. The van der Waals surface area contributed by atoms with Crippen LogP contribution in [0.2, 0.25) is 0 Å². The van der Waals surface area contributed by atoms with Gasteiger partial charge in [0.1, 0.15) is 0 Å². The Bertz CT molecular complexity index is 949. The van der Waals surface area contributed by atoms with Gasteiger partial charge in [-0.15, -0.1) is 11.3 Å². The fraction of sp³-hybridized carbons (Fsp3) is 0.389. The average Bonchev–Trinajstić information content (AvgIpc) is 3.15. The molecule has 2 aromatic rings. The first kappa shape index (κ1) is 16.8. The highest BCUT2D eigenvalue weighted by Crippen LogP contribution is 2.35. The van der Waals surface area contributed by atoms with Crippen LogP contribution in [0.15, 0.2) is 34.5 Å². The number of carbonyl (C=O) groups excluding carboxylic acids is 1. The fourth-order valence-electron chi connectivity index (χ4n) is 3.82. The maximum Gasteiger partial charge on any atom is 0.243 e. The number of anilines is 1. The quantitative estimate of drug-likeness (QED) is 0.810. The fourth-order valence-corrected chi connectivity index (χ4v) is 6.18. The summed E-state index contributed by atoms with van der Waals surface area (Å²) in [7, 11) is -3.52. The van der Waals surface area contributed by atoms with Gasteiger partial charge in [-0.25, -0.2) is 8.42 Å². The van der Waals surface area contributed by atoms with Crippen molar-refractivity contribution in [2.24, 2.45) is 0 Å². The number of fused-ring (bicyclic) bond motifs is 2. The van der Waals surface area contributed by atoms with Crippen LogP contribution in [0.4, 0.5) is 5.69 Å². The van der Waals surface area contributed by atoms with E-state index in [9.17, 15) is 13.2 Å². The molecule has 0 bridgehead atoms. The number of amides is 1. The van der Waals surface area contributed by atoms with Gasteiger partial charge in [0.05, 0.1) is 4.90 Å². The van der Waals surface area contributed by atoms with Crippen LogP contribution in [0.5, 0.6) is 0 Å². The highest BCUT2D eigenvalue weighted by molar-refractivity contribution is 7.89. The number of benzene rings is 1. The van der Waals surface area contributed by atoms with Crippen molar-refractivity contribution in [3.63, 3.8) is 0 Å². The lowest BCUT2D eigenvalue weighted by Gasteiger charge is -2.26. The van der Waals surface area contributed by atoms with E-state index >= 15 is 0 Å². The Kier molecular flexibility index (Phi) is 3.97. The first-order chi connectivity index (χ1) is 11.9. The summed E-state index contributed by atoms with van der Waals surface area (Å²) >= 11 is 1.69. The summed E-state index contributed by atoms with van der Waals surface area (Å²) in [6.45, 7) is 4.48. The summed E-state index contributed by atoms with van der Waals surface area (Å²) in [5, 5.41) is 2.02. The number of carbonyl (C=O) groups is 1. The number of thiophene rings is 1. The van der Waals surface area contributed by atoms with Gasteiger partial charge in [-0.2, -0.15) is 4.31 Å². The molecule has 1 atom stereocenters. The van der Waals surface area contributed by atoms with E-state index in [1.54, 1.807) is 45.7 Å². The van der Waals surface area contributed by atoms with E-state index in [0.717, 1.165) is 23.2 Å². The minimum Gasteiger partial charge on any atom is -0.309 e. The molecule has 132 valence electrons. The van der Waals surface area contributed by atoms with Crippen molar-refractivity contribution in [1.29, 1.82) is 0 Å². The van der Waals surface area contributed by atoms with Crippen molar-refractivity contribution in [2.75, 3.05) is 11.4 Å². The number of hydrogen-bond donors (Lipinski definition) is 0. The summed E-state index contributed by atoms with van der Waals surface area (Å²) in [4.78, 5) is 15.2. The Morgan fingerprint density at radius 3 is 2.80 bits per heavy atom. The lowest BCUT2D eigenvalue weighted by atomic mass is 10.1. The SMILES string of the molecule is CC(=O)N1c2ccc(S(=O)(=O)N3CCc4sccc4C3)cc2C[C@H]1C. The highest BCUT2D eigenvalue weighted by Gasteiger charge is 2.33. The molecule has 1 aromatic carbocycles. The molecular weight excluding hydrogens is 356 g/mol. The van der Waals surface area contributed by atoms with Crippen LogP contribution >= 0.6 is 11.3 Å². The molecule has 25 heavy (non-hydrogen) atoms. The number of nitrogens with zero attached hydrogens (tertiary/aromatic N) is 2. The van der Waals surface area contributed by atoms with Crippen molar-refractivity contribution < 1.29 is 13.2 Å². The molecule has 0 saturated heterocycles. The Balaban J connectivity index is 1.67. The Labute approximate surface area is 151 Å². The molecular formula is C18H20N2O3S2. The van der Waals surface area contributed by atoms with Crippen LogP contribution in [-0.2, 0) is 34.2 Å². The normalized spacial score (nSPS) is 20.4. The zero-order chi connectivity index (χ0) is 17.8. The molecule has 5 nitrogen and oxygen atoms in total. The molecule has 0 N–H and O–H groups in total. The van der Waals surface area contributed by atoms with E-state index in [2.05, 4.69) is 0 Å². The Hall–Kier alpha value is -1.70. The van der Waals surface area contributed by atoms with Crippen LogP contribution in [0.3, 0.4) is 0 Å². The summed E-state index contributed by atoms with van der Waals surface area (Å²) in [5.74, 6) is -0.0112. The predicted molar refractivity (Wildman–Crippen MR) is 98.4 cm³/mol. The van der Waals surface area contributed by atoms with Gasteiger partial charge in [0.15, 0.2) is 0 Å². The third kappa shape index (κ3) is 2.70. The minimum atomic E-state index is -3.52. The van der Waals surface area contributed by atoms with Gasteiger partial charge >= 0.3 is 0 Å². The van der Waals surface area contributed by atoms with Gasteiger partial charge in [-0.3, -0.25) is 4.79 Å². The standard InChI is InChI=1S/C18H20N2O3S2/c1-12-9-15-10-16(3-4-17(15)20(12)13(2)21)25(22,23)19-7-5-18-14(11-19)6-8-24-18/h3-4,6,8,10,12H,5,7,9,11H2,1-2H3/t12-/m1/s1. The van der Waals surface area contributed by atoms with Gasteiger partial charge in [-0.05, 0) is 60.5 Å². The van der Waals surface area contributed by atoms with Crippen LogP contribution in [0.25, 0.3) is 0 Å². The predicted octanol–water partition coefficient (Wildman–Crippen LogP) is 2.79. The summed E-state index contributed by atoms with van der Waals surface area (Å²) in [6.07, 6.45) is 1.46. The van der Waals surface area contributed by atoms with E-state index in [-0.39, 0.29) is 11.9 Å². The minimum absolute atomic E-state index is 0.0112. The van der Waals surface area contributed by atoms with E-state index in [4.69, 9.17) is 0 Å². The lowest BCUT2D eigenvalue weighted by Crippen LogP contribution is -2.35. The maximum absolute atomic E-state index is 13.1. The maximum atomic E-state index is 13.1. The molecule has 1 aromatic heterocycles. The van der Waals surface area contributed by atoms with Crippen LogP contribution < -0.4 is 4.90 Å². The molecule has 1 amide bonds. The van der Waals surface area contributed by atoms with Crippen LogP contribution in [-0.4, -0.2) is 31.2 Å². The number of rotatable bonds is 2. The molecule has 0 spiro atoms. The number of hydrogen-bond acceptors (Lipinski definition) is 4. The van der Waals surface area contributed by atoms with E-state index in [1.807, 2.05) is 18.4 Å². The first-order valence-corrected chi connectivity index (χ1v) is 10.7. The number of sulfonamides is 1. The van der Waals surface area contributed by atoms with E-state index in [0.29, 0.717) is 24.4 Å². The molecule has 0 aliphatic carbocycles. The van der Waals surface area contributed by atoms with Crippen molar-refractivity contribution in [1.82, 2.24) is 4.31 Å². The molecule has 7 heteroatoms. The average molecular weight is 377 g/mol. The third-order valence-electron chi connectivity index (χ3n) is 5.02. The third-order valence-corrected chi connectivity index (χ3v) is 7.88. The van der Waals surface area contributed by atoms with Crippen molar-refractivity contribution in [3.05, 3.63) is 45.6 Å². The smallest absolute Gasteiger partial charge is 0.243 e. The van der Waals surface area contributed by atoms with Gasteiger partial charge in [0.25, 0.3) is 0 Å². The zero-order valence-corrected chi connectivity index (χ0v) is 15.9. The summed E-state index contributed by atoms with van der Waals surface area (Å²) in [5.41, 5.74) is 2.87. The molecule has 2 aliphatic heterocycles. The summed E-state index contributed by atoms with van der Waals surface area (Å²) < 4.78 is 27.7. The van der Waals surface area contributed by atoms with Crippen molar-refractivity contribution in [2.45, 2.75) is 44.2 Å². The van der Waals surface area contributed by atoms with E-state index < -0.39 is 10.0 Å². The zero-order valence-electron chi connectivity index (χ0n) is 14.2. The second-order valence-electron chi connectivity index (χ2n) is 6.69. The monoisotopic (exact) mass is 376 g/mol. The van der Waals surface area contributed by atoms with Crippen LogP contribution in [0, 0.1) is 0 Å². The molecule has 0 fully saturated rings. The van der Waals surface area contributed by atoms with Gasteiger partial charge in [0, 0.05) is 36.6 Å².